The van der Waals surface area contributed by atoms with Crippen molar-refractivity contribution in [2.24, 2.45) is 5.41 Å². The molecule has 0 aromatic carbocycles. The first-order chi connectivity index (χ1) is 8.29. The minimum absolute atomic E-state index is 0.137. The van der Waals surface area contributed by atoms with E-state index in [9.17, 15) is 10.2 Å². The number of aliphatic hydroxyl groups excluding tert-OH is 2. The Bertz CT molecular complexity index is 220. The van der Waals surface area contributed by atoms with Crippen molar-refractivity contribution < 1.29 is 10.2 Å². The van der Waals surface area contributed by atoms with Crippen molar-refractivity contribution in [1.82, 2.24) is 4.90 Å². The van der Waals surface area contributed by atoms with E-state index in [4.69, 9.17) is 0 Å². The highest BCUT2D eigenvalue weighted by atomic mass is 16.3. The van der Waals surface area contributed by atoms with Crippen LogP contribution in [0.4, 0.5) is 0 Å². The van der Waals surface area contributed by atoms with Gasteiger partial charge in [0.25, 0.3) is 0 Å². The Labute approximate surface area is 105 Å². The van der Waals surface area contributed by atoms with Crippen molar-refractivity contribution in [3.05, 3.63) is 0 Å². The van der Waals surface area contributed by atoms with Crippen molar-refractivity contribution in [3.63, 3.8) is 0 Å². The lowest BCUT2D eigenvalue weighted by Gasteiger charge is -2.37. The van der Waals surface area contributed by atoms with Crippen molar-refractivity contribution in [2.75, 3.05) is 26.3 Å². The summed E-state index contributed by atoms with van der Waals surface area (Å²) in [5, 5.41) is 18.9. The van der Waals surface area contributed by atoms with Gasteiger partial charge in [-0.3, -0.25) is 4.90 Å². The van der Waals surface area contributed by atoms with E-state index in [1.807, 2.05) is 0 Å². The van der Waals surface area contributed by atoms with Crippen LogP contribution in [0.3, 0.4) is 0 Å². The molecule has 0 aromatic heterocycles. The molecule has 0 aromatic rings. The molecule has 0 aliphatic heterocycles. The molecule has 0 spiro atoms. The van der Waals surface area contributed by atoms with Crippen molar-refractivity contribution in [2.45, 2.75) is 57.4 Å². The quantitative estimate of drug-likeness (QED) is 0.745. The van der Waals surface area contributed by atoms with Gasteiger partial charge in [-0.05, 0) is 25.7 Å². The van der Waals surface area contributed by atoms with Crippen molar-refractivity contribution in [1.29, 1.82) is 0 Å². The zero-order valence-corrected chi connectivity index (χ0v) is 10.9. The van der Waals surface area contributed by atoms with Gasteiger partial charge in [-0.15, -0.1) is 0 Å². The van der Waals surface area contributed by atoms with Crippen LogP contribution in [0, 0.1) is 5.41 Å². The average Bonchev–Trinajstić information content (AvgIpc) is 3.00. The van der Waals surface area contributed by atoms with Crippen LogP contribution in [0.1, 0.15) is 51.4 Å². The van der Waals surface area contributed by atoms with Crippen LogP contribution in [0.25, 0.3) is 0 Å². The minimum atomic E-state index is 0.137. The fourth-order valence-electron chi connectivity index (χ4n) is 3.71. The number of rotatable bonds is 6. The van der Waals surface area contributed by atoms with Crippen LogP contribution in [0.5, 0.6) is 0 Å². The van der Waals surface area contributed by atoms with Gasteiger partial charge in [0, 0.05) is 31.2 Å². The van der Waals surface area contributed by atoms with E-state index in [0.717, 1.165) is 25.9 Å². The molecule has 0 amide bonds. The lowest BCUT2D eigenvalue weighted by molar-refractivity contribution is 0.0487. The van der Waals surface area contributed by atoms with Gasteiger partial charge in [0.2, 0.25) is 0 Å². The molecule has 0 unspecified atom stereocenters. The predicted molar refractivity (Wildman–Crippen MR) is 68.9 cm³/mol. The zero-order valence-electron chi connectivity index (χ0n) is 10.9. The summed E-state index contributed by atoms with van der Waals surface area (Å²) in [6.07, 6.45) is 10.1. The highest BCUT2D eigenvalue weighted by Crippen LogP contribution is 2.39. The third-order valence-electron chi connectivity index (χ3n) is 4.77. The van der Waals surface area contributed by atoms with Crippen LogP contribution >= 0.6 is 0 Å². The second kappa shape index (κ2) is 6.17. The maximum Gasteiger partial charge on any atom is 0.0558 e. The highest BCUT2D eigenvalue weighted by molar-refractivity contribution is 4.89. The Kier molecular flexibility index (Phi) is 4.83. The Balaban J connectivity index is 1.95. The van der Waals surface area contributed by atoms with E-state index in [1.165, 1.54) is 38.5 Å². The van der Waals surface area contributed by atoms with Crippen LogP contribution < -0.4 is 0 Å². The number of nitrogens with zero attached hydrogens (tertiary/aromatic N) is 1. The molecule has 2 aliphatic carbocycles. The number of hydrogen-bond donors (Lipinski definition) is 2. The van der Waals surface area contributed by atoms with Crippen molar-refractivity contribution in [3.8, 4) is 0 Å². The summed E-state index contributed by atoms with van der Waals surface area (Å²) < 4.78 is 0. The molecule has 2 fully saturated rings. The minimum Gasteiger partial charge on any atom is -0.396 e. The second-order valence-corrected chi connectivity index (χ2v) is 6.00. The van der Waals surface area contributed by atoms with Crippen LogP contribution in [0.15, 0.2) is 0 Å². The normalized spacial score (nSPS) is 24.9. The van der Waals surface area contributed by atoms with Gasteiger partial charge in [-0.25, -0.2) is 0 Å². The summed E-state index contributed by atoms with van der Waals surface area (Å²) in [5.74, 6) is 0. The molecule has 100 valence electrons. The lowest BCUT2D eigenvalue weighted by atomic mass is 9.86. The monoisotopic (exact) mass is 241 g/mol. The van der Waals surface area contributed by atoms with Gasteiger partial charge in [-0.2, -0.15) is 0 Å². The fourth-order valence-corrected chi connectivity index (χ4v) is 3.71. The molecule has 0 bridgehead atoms. The maximum absolute atomic E-state index is 9.69. The molecular formula is C14H27NO2. The van der Waals surface area contributed by atoms with Gasteiger partial charge >= 0.3 is 0 Å². The predicted octanol–water partition coefficient (Wildman–Crippen LogP) is 1.78. The van der Waals surface area contributed by atoms with Gasteiger partial charge < -0.3 is 10.2 Å². The summed E-state index contributed by atoms with van der Waals surface area (Å²) in [7, 11) is 0. The standard InChI is InChI=1S/C14H27NO2/c16-10-9-15(13-5-1-2-6-13)11-14(12-17)7-3-4-8-14/h13,16-17H,1-12H2. The van der Waals surface area contributed by atoms with Crippen LogP contribution in [-0.4, -0.2) is 47.5 Å². The topological polar surface area (TPSA) is 43.7 Å². The number of hydrogen-bond acceptors (Lipinski definition) is 3. The molecule has 0 saturated heterocycles. The molecule has 0 atom stereocenters. The largest absolute Gasteiger partial charge is 0.396 e. The summed E-state index contributed by atoms with van der Waals surface area (Å²) in [6.45, 7) is 2.35. The fraction of sp³-hybridized carbons (Fsp3) is 1.00. The molecule has 3 heteroatoms. The first kappa shape index (κ1) is 13.3. The van der Waals surface area contributed by atoms with E-state index >= 15 is 0 Å². The Morgan fingerprint density at radius 1 is 1.00 bits per heavy atom. The molecule has 2 aliphatic rings. The number of aliphatic hydroxyl groups is 2. The van der Waals surface area contributed by atoms with Crippen molar-refractivity contribution >= 4 is 0 Å². The molecule has 2 rings (SSSR count). The second-order valence-electron chi connectivity index (χ2n) is 6.00. The zero-order chi connectivity index (χ0) is 12.1. The molecule has 0 radical (unpaired) electrons. The molecule has 17 heavy (non-hydrogen) atoms. The first-order valence-electron chi connectivity index (χ1n) is 7.25. The summed E-state index contributed by atoms with van der Waals surface area (Å²) in [6, 6.07) is 0.658. The Morgan fingerprint density at radius 2 is 1.65 bits per heavy atom. The smallest absolute Gasteiger partial charge is 0.0558 e. The van der Waals surface area contributed by atoms with Gasteiger partial charge in [0.15, 0.2) is 0 Å². The average molecular weight is 241 g/mol. The summed E-state index contributed by atoms with van der Waals surface area (Å²) in [4.78, 5) is 2.45. The van der Waals surface area contributed by atoms with Crippen LogP contribution in [-0.2, 0) is 0 Å². The molecule has 2 saturated carbocycles. The van der Waals surface area contributed by atoms with E-state index in [0.29, 0.717) is 12.6 Å². The molecule has 3 nitrogen and oxygen atoms in total. The summed E-state index contributed by atoms with van der Waals surface area (Å²) >= 11 is 0. The van der Waals surface area contributed by atoms with E-state index in [1.54, 1.807) is 0 Å². The lowest BCUT2D eigenvalue weighted by Crippen LogP contribution is -2.44. The molecular weight excluding hydrogens is 214 g/mol. The maximum atomic E-state index is 9.69. The third-order valence-corrected chi connectivity index (χ3v) is 4.77. The first-order valence-corrected chi connectivity index (χ1v) is 7.25. The van der Waals surface area contributed by atoms with E-state index in [-0.39, 0.29) is 12.0 Å². The molecule has 2 N–H and O–H groups in total. The third kappa shape index (κ3) is 3.21. The van der Waals surface area contributed by atoms with Gasteiger partial charge in [0.1, 0.15) is 0 Å². The van der Waals surface area contributed by atoms with Crippen LogP contribution in [0.2, 0.25) is 0 Å². The van der Waals surface area contributed by atoms with E-state index in [2.05, 4.69) is 4.90 Å². The van der Waals surface area contributed by atoms with E-state index < -0.39 is 0 Å². The summed E-state index contributed by atoms with van der Waals surface area (Å²) in [5.41, 5.74) is 0.137. The highest BCUT2D eigenvalue weighted by Gasteiger charge is 2.36. The van der Waals surface area contributed by atoms with Gasteiger partial charge in [0.05, 0.1) is 6.61 Å². The van der Waals surface area contributed by atoms with Gasteiger partial charge in [-0.1, -0.05) is 25.7 Å². The SMILES string of the molecule is OCCN(CC1(CO)CCCC1)C1CCCC1. The molecule has 0 heterocycles. The Hall–Kier alpha value is -0.120. The Morgan fingerprint density at radius 3 is 2.18 bits per heavy atom.